The van der Waals surface area contributed by atoms with Crippen molar-refractivity contribution < 1.29 is 23.8 Å². The highest BCUT2D eigenvalue weighted by Crippen LogP contribution is 2.20. The van der Waals surface area contributed by atoms with Crippen LogP contribution in [0.5, 0.6) is 0 Å². The largest absolute Gasteiger partial charge is 0.466 e. The van der Waals surface area contributed by atoms with Gasteiger partial charge in [0.05, 0.1) is 12.7 Å². The molecule has 1 rings (SSSR count). The van der Waals surface area contributed by atoms with E-state index in [1.54, 1.807) is 18.2 Å². The molecule has 5 heteroatoms. The Labute approximate surface area is 93.7 Å². The van der Waals surface area contributed by atoms with Crippen molar-refractivity contribution in [3.63, 3.8) is 0 Å². The van der Waals surface area contributed by atoms with Gasteiger partial charge in [0.15, 0.2) is 6.10 Å². The minimum atomic E-state index is -0.624. The lowest BCUT2D eigenvalue weighted by molar-refractivity contribution is -0.151. The lowest BCUT2D eigenvalue weighted by Crippen LogP contribution is -2.36. The number of hydrogen-bond donors (Lipinski definition) is 0. The van der Waals surface area contributed by atoms with Crippen LogP contribution in [0.1, 0.15) is 6.92 Å². The average Bonchev–Trinajstić information content (AvgIpc) is 2.27. The molecule has 2 atom stereocenters. The van der Waals surface area contributed by atoms with E-state index in [0.29, 0.717) is 5.57 Å². The second-order valence-corrected chi connectivity index (χ2v) is 3.23. The van der Waals surface area contributed by atoms with Gasteiger partial charge in [-0.05, 0) is 12.2 Å². The fraction of sp³-hybridized carbons (Fsp3) is 0.455. The van der Waals surface area contributed by atoms with Crippen LogP contribution < -0.4 is 0 Å². The van der Waals surface area contributed by atoms with Crippen LogP contribution in [0.2, 0.25) is 0 Å². The molecular formula is C11H14O5. The molecule has 88 valence electrons. The summed E-state index contributed by atoms with van der Waals surface area (Å²) in [5.41, 5.74) is 0.332. The number of carbonyl (C=O) groups excluding carboxylic acids is 2. The van der Waals surface area contributed by atoms with Crippen molar-refractivity contribution in [3.8, 4) is 0 Å². The first-order valence-corrected chi connectivity index (χ1v) is 4.77. The maximum Gasteiger partial charge on any atom is 0.336 e. The first kappa shape index (κ1) is 12.4. The zero-order chi connectivity index (χ0) is 12.1. The molecule has 0 aromatic carbocycles. The summed E-state index contributed by atoms with van der Waals surface area (Å²) >= 11 is 0. The van der Waals surface area contributed by atoms with E-state index < -0.39 is 24.1 Å². The Morgan fingerprint density at radius 2 is 2.00 bits per heavy atom. The van der Waals surface area contributed by atoms with Gasteiger partial charge < -0.3 is 14.2 Å². The van der Waals surface area contributed by atoms with Crippen molar-refractivity contribution in [2.45, 2.75) is 19.1 Å². The third-order valence-electron chi connectivity index (χ3n) is 2.16. The van der Waals surface area contributed by atoms with E-state index in [4.69, 9.17) is 9.47 Å². The molecule has 0 radical (unpaired) electrons. The molecule has 0 N–H and O–H groups in total. The van der Waals surface area contributed by atoms with E-state index in [9.17, 15) is 9.59 Å². The molecule has 0 aromatic heterocycles. The summed E-state index contributed by atoms with van der Waals surface area (Å²) in [6, 6.07) is 0. The third-order valence-corrected chi connectivity index (χ3v) is 2.16. The minimum Gasteiger partial charge on any atom is -0.466 e. The van der Waals surface area contributed by atoms with Gasteiger partial charge in [-0.1, -0.05) is 6.08 Å². The number of rotatable bonds is 3. The molecule has 0 aliphatic heterocycles. The van der Waals surface area contributed by atoms with Gasteiger partial charge in [0.25, 0.3) is 0 Å². The Morgan fingerprint density at radius 1 is 1.31 bits per heavy atom. The van der Waals surface area contributed by atoms with Gasteiger partial charge in [0.2, 0.25) is 0 Å². The summed E-state index contributed by atoms with van der Waals surface area (Å²) < 4.78 is 14.8. The molecule has 0 saturated heterocycles. The lowest BCUT2D eigenvalue weighted by Gasteiger charge is -2.26. The predicted molar refractivity (Wildman–Crippen MR) is 55.6 cm³/mol. The number of carbonyl (C=O) groups is 2. The first-order valence-electron chi connectivity index (χ1n) is 4.77. The van der Waals surface area contributed by atoms with Gasteiger partial charge in [-0.3, -0.25) is 4.79 Å². The van der Waals surface area contributed by atoms with Crippen LogP contribution in [-0.2, 0) is 23.8 Å². The maximum absolute atomic E-state index is 11.4. The van der Waals surface area contributed by atoms with Crippen molar-refractivity contribution in [3.05, 3.63) is 23.8 Å². The molecule has 16 heavy (non-hydrogen) atoms. The monoisotopic (exact) mass is 226 g/mol. The second-order valence-electron chi connectivity index (χ2n) is 3.23. The van der Waals surface area contributed by atoms with Crippen LogP contribution in [0.15, 0.2) is 23.8 Å². The smallest absolute Gasteiger partial charge is 0.336 e. The van der Waals surface area contributed by atoms with Crippen LogP contribution in [0.3, 0.4) is 0 Å². The quantitative estimate of drug-likeness (QED) is 0.659. The molecule has 0 spiro atoms. The molecule has 0 aromatic rings. The Kier molecular flexibility index (Phi) is 4.25. The fourth-order valence-corrected chi connectivity index (χ4v) is 1.50. The summed E-state index contributed by atoms with van der Waals surface area (Å²) in [5, 5.41) is 0. The van der Waals surface area contributed by atoms with E-state index in [2.05, 4.69) is 4.74 Å². The molecule has 1 aliphatic rings. The Balaban J connectivity index is 2.87. The number of methoxy groups -OCH3 is 2. The Bertz CT molecular complexity index is 342. The minimum absolute atomic E-state index is 0.332. The van der Waals surface area contributed by atoms with Gasteiger partial charge in [0.1, 0.15) is 6.10 Å². The van der Waals surface area contributed by atoms with Gasteiger partial charge in [-0.2, -0.15) is 0 Å². The highest BCUT2D eigenvalue weighted by molar-refractivity contribution is 5.90. The second kappa shape index (κ2) is 5.46. The number of esters is 2. The van der Waals surface area contributed by atoms with E-state index in [-0.39, 0.29) is 0 Å². The lowest BCUT2D eigenvalue weighted by atomic mass is 9.99. The van der Waals surface area contributed by atoms with Gasteiger partial charge in [0, 0.05) is 14.0 Å². The van der Waals surface area contributed by atoms with Crippen molar-refractivity contribution in [2.75, 3.05) is 14.2 Å². The molecule has 0 unspecified atom stereocenters. The van der Waals surface area contributed by atoms with Crippen LogP contribution in [0.25, 0.3) is 0 Å². The summed E-state index contributed by atoms with van der Waals surface area (Å²) in [5.74, 6) is -0.920. The Morgan fingerprint density at radius 3 is 2.50 bits per heavy atom. The van der Waals surface area contributed by atoms with Gasteiger partial charge >= 0.3 is 11.9 Å². The molecule has 0 saturated carbocycles. The van der Waals surface area contributed by atoms with Crippen molar-refractivity contribution in [2.24, 2.45) is 0 Å². The highest BCUT2D eigenvalue weighted by atomic mass is 16.6. The molecule has 0 heterocycles. The standard InChI is InChI=1S/C11H14O5/c1-7(12)16-9-6-4-5-8(10(9)14-2)11(13)15-3/h4-6,9-10H,1-3H3/t9-,10-/m0/s1. The van der Waals surface area contributed by atoms with Crippen molar-refractivity contribution in [1.29, 1.82) is 0 Å². The topological polar surface area (TPSA) is 61.8 Å². The zero-order valence-electron chi connectivity index (χ0n) is 9.43. The van der Waals surface area contributed by atoms with E-state index in [1.807, 2.05) is 0 Å². The fourth-order valence-electron chi connectivity index (χ4n) is 1.50. The molecular weight excluding hydrogens is 212 g/mol. The average molecular weight is 226 g/mol. The van der Waals surface area contributed by atoms with Crippen LogP contribution in [-0.4, -0.2) is 38.4 Å². The van der Waals surface area contributed by atoms with Crippen LogP contribution in [0.4, 0.5) is 0 Å². The van der Waals surface area contributed by atoms with Crippen LogP contribution >= 0.6 is 0 Å². The van der Waals surface area contributed by atoms with Gasteiger partial charge in [-0.25, -0.2) is 4.79 Å². The number of ether oxygens (including phenoxy) is 3. The number of hydrogen-bond acceptors (Lipinski definition) is 5. The third kappa shape index (κ3) is 2.70. The molecule has 5 nitrogen and oxygen atoms in total. The zero-order valence-corrected chi connectivity index (χ0v) is 9.43. The number of allylic oxidation sites excluding steroid dienone is 2. The first-order chi connectivity index (χ1) is 7.60. The molecule has 1 aliphatic carbocycles. The van der Waals surface area contributed by atoms with E-state index >= 15 is 0 Å². The maximum atomic E-state index is 11.4. The molecule has 0 bridgehead atoms. The van der Waals surface area contributed by atoms with Crippen molar-refractivity contribution >= 4 is 11.9 Å². The highest BCUT2D eigenvalue weighted by Gasteiger charge is 2.32. The van der Waals surface area contributed by atoms with E-state index in [1.165, 1.54) is 21.1 Å². The normalized spacial score (nSPS) is 23.6. The molecule has 0 fully saturated rings. The predicted octanol–water partition coefficient (Wildman–Crippen LogP) is 0.602. The summed E-state index contributed by atoms with van der Waals surface area (Å²) in [6.45, 7) is 1.30. The summed E-state index contributed by atoms with van der Waals surface area (Å²) in [4.78, 5) is 22.3. The summed E-state index contributed by atoms with van der Waals surface area (Å²) in [7, 11) is 2.73. The SMILES string of the molecule is COC(=O)C1=CC=C[C@H](OC(C)=O)[C@H]1OC. The van der Waals surface area contributed by atoms with E-state index in [0.717, 1.165) is 0 Å². The Hall–Kier alpha value is -1.62. The van der Waals surface area contributed by atoms with Crippen molar-refractivity contribution in [1.82, 2.24) is 0 Å². The van der Waals surface area contributed by atoms with Gasteiger partial charge in [-0.15, -0.1) is 0 Å². The summed E-state index contributed by atoms with van der Waals surface area (Å²) in [6.07, 6.45) is 3.65. The van der Waals surface area contributed by atoms with Crippen LogP contribution in [0, 0.1) is 0 Å². The molecule has 0 amide bonds.